The van der Waals surface area contributed by atoms with Gasteiger partial charge in [-0.25, -0.2) is 4.98 Å². The van der Waals surface area contributed by atoms with Crippen LogP contribution in [-0.2, 0) is 6.54 Å². The van der Waals surface area contributed by atoms with Gasteiger partial charge < -0.3 is 10.2 Å². The first-order valence-electron chi connectivity index (χ1n) is 10.3. The van der Waals surface area contributed by atoms with Crippen LogP contribution in [0, 0.1) is 20.8 Å². The van der Waals surface area contributed by atoms with Crippen molar-refractivity contribution in [2.75, 3.05) is 36.4 Å². The van der Waals surface area contributed by atoms with Crippen molar-refractivity contribution in [1.82, 2.24) is 14.9 Å². The molecule has 1 aliphatic heterocycles. The van der Waals surface area contributed by atoms with Crippen molar-refractivity contribution < 1.29 is 0 Å². The van der Waals surface area contributed by atoms with Gasteiger partial charge in [0.15, 0.2) is 0 Å². The molecular formula is C24H29N5. The van der Waals surface area contributed by atoms with Gasteiger partial charge in [0.2, 0.25) is 5.95 Å². The number of nitrogens with zero attached hydrogens (tertiary/aromatic N) is 4. The van der Waals surface area contributed by atoms with Gasteiger partial charge in [-0.05, 0) is 43.5 Å². The highest BCUT2D eigenvalue weighted by molar-refractivity contribution is 5.60. The molecule has 1 N–H and O–H groups in total. The Labute approximate surface area is 173 Å². The first-order chi connectivity index (χ1) is 14.1. The molecule has 5 nitrogen and oxygen atoms in total. The standard InChI is InChI=1S/C24H29N5/c1-18-9-10-19(2)22(15-18)26-24-25-20(3)16-23(27-24)29-13-11-28(12-14-29)17-21-7-5-4-6-8-21/h4-10,15-16H,11-14,17H2,1-3H3,(H,25,26,27). The molecule has 0 aliphatic carbocycles. The van der Waals surface area contributed by atoms with E-state index in [1.807, 2.05) is 6.92 Å². The number of hydrogen-bond acceptors (Lipinski definition) is 5. The van der Waals surface area contributed by atoms with Gasteiger partial charge in [-0.15, -0.1) is 0 Å². The Hall–Kier alpha value is -2.92. The molecule has 4 rings (SSSR count). The van der Waals surface area contributed by atoms with Gasteiger partial charge in [0.1, 0.15) is 5.82 Å². The average molecular weight is 388 g/mol. The number of anilines is 3. The number of benzene rings is 2. The zero-order valence-electron chi connectivity index (χ0n) is 17.5. The summed E-state index contributed by atoms with van der Waals surface area (Å²) in [7, 11) is 0. The third-order valence-electron chi connectivity index (χ3n) is 5.43. The first-order valence-corrected chi connectivity index (χ1v) is 10.3. The second-order valence-electron chi connectivity index (χ2n) is 7.88. The Kier molecular flexibility index (Phi) is 5.76. The Morgan fingerprint density at radius 3 is 2.38 bits per heavy atom. The summed E-state index contributed by atoms with van der Waals surface area (Å²) in [5, 5.41) is 3.42. The van der Waals surface area contributed by atoms with E-state index in [9.17, 15) is 0 Å². The highest BCUT2D eigenvalue weighted by Crippen LogP contribution is 2.23. The summed E-state index contributed by atoms with van der Waals surface area (Å²) in [6, 6.07) is 19.2. The third-order valence-corrected chi connectivity index (χ3v) is 5.43. The lowest BCUT2D eigenvalue weighted by atomic mass is 10.1. The van der Waals surface area contributed by atoms with Crippen LogP contribution in [0.5, 0.6) is 0 Å². The quantitative estimate of drug-likeness (QED) is 0.700. The third kappa shape index (κ3) is 4.93. The van der Waals surface area contributed by atoms with E-state index in [1.165, 1.54) is 16.7 Å². The maximum absolute atomic E-state index is 4.82. The van der Waals surface area contributed by atoms with Crippen LogP contribution in [0.4, 0.5) is 17.5 Å². The second kappa shape index (κ2) is 8.62. The van der Waals surface area contributed by atoms with Crippen LogP contribution >= 0.6 is 0 Å². The molecule has 2 aromatic carbocycles. The van der Waals surface area contributed by atoms with Crippen molar-refractivity contribution in [1.29, 1.82) is 0 Å². The number of hydrogen-bond donors (Lipinski definition) is 1. The SMILES string of the molecule is Cc1ccc(C)c(Nc2nc(C)cc(N3CCN(Cc4ccccc4)CC3)n2)c1. The van der Waals surface area contributed by atoms with Crippen molar-refractivity contribution in [2.45, 2.75) is 27.3 Å². The minimum absolute atomic E-state index is 0.667. The smallest absolute Gasteiger partial charge is 0.229 e. The highest BCUT2D eigenvalue weighted by atomic mass is 15.3. The lowest BCUT2D eigenvalue weighted by Gasteiger charge is -2.35. The molecule has 0 atom stereocenters. The predicted octanol–water partition coefficient (Wildman–Crippen LogP) is 4.47. The van der Waals surface area contributed by atoms with Crippen molar-refractivity contribution >= 4 is 17.5 Å². The summed E-state index contributed by atoms with van der Waals surface area (Å²) in [6.45, 7) is 11.3. The van der Waals surface area contributed by atoms with Crippen LogP contribution in [0.25, 0.3) is 0 Å². The molecular weight excluding hydrogens is 358 g/mol. The summed E-state index contributed by atoms with van der Waals surface area (Å²) in [4.78, 5) is 14.3. The monoisotopic (exact) mass is 387 g/mol. The number of piperazine rings is 1. The molecule has 0 amide bonds. The summed E-state index contributed by atoms with van der Waals surface area (Å²) in [6.07, 6.45) is 0. The normalized spacial score (nSPS) is 14.8. The molecule has 29 heavy (non-hydrogen) atoms. The Balaban J connectivity index is 1.43. The van der Waals surface area contributed by atoms with E-state index in [4.69, 9.17) is 4.98 Å². The summed E-state index contributed by atoms with van der Waals surface area (Å²) in [5.41, 5.74) is 5.83. The number of nitrogens with one attached hydrogen (secondary N) is 1. The van der Waals surface area contributed by atoms with E-state index in [0.717, 1.165) is 49.9 Å². The Morgan fingerprint density at radius 1 is 0.862 bits per heavy atom. The van der Waals surface area contributed by atoms with E-state index >= 15 is 0 Å². The van der Waals surface area contributed by atoms with E-state index in [0.29, 0.717) is 5.95 Å². The fraction of sp³-hybridized carbons (Fsp3) is 0.333. The van der Waals surface area contributed by atoms with E-state index in [1.54, 1.807) is 0 Å². The summed E-state index contributed by atoms with van der Waals surface area (Å²) < 4.78 is 0. The maximum atomic E-state index is 4.82. The number of aromatic nitrogens is 2. The zero-order chi connectivity index (χ0) is 20.2. The van der Waals surface area contributed by atoms with Crippen molar-refractivity contribution in [3.63, 3.8) is 0 Å². The van der Waals surface area contributed by atoms with Crippen molar-refractivity contribution in [3.05, 3.63) is 77.0 Å². The highest BCUT2D eigenvalue weighted by Gasteiger charge is 2.19. The van der Waals surface area contributed by atoms with Gasteiger partial charge >= 0.3 is 0 Å². The fourth-order valence-electron chi connectivity index (χ4n) is 3.74. The molecule has 1 fully saturated rings. The van der Waals surface area contributed by atoms with Gasteiger partial charge in [0, 0.05) is 50.2 Å². The molecule has 0 spiro atoms. The average Bonchev–Trinajstić information content (AvgIpc) is 2.72. The lowest BCUT2D eigenvalue weighted by Crippen LogP contribution is -2.46. The maximum Gasteiger partial charge on any atom is 0.229 e. The van der Waals surface area contributed by atoms with E-state index in [2.05, 4.69) is 88.5 Å². The van der Waals surface area contributed by atoms with Gasteiger partial charge in [0.25, 0.3) is 0 Å². The summed E-state index contributed by atoms with van der Waals surface area (Å²) in [5.74, 6) is 1.67. The zero-order valence-corrected chi connectivity index (χ0v) is 17.5. The van der Waals surface area contributed by atoms with Crippen molar-refractivity contribution in [3.8, 4) is 0 Å². The van der Waals surface area contributed by atoms with Crippen LogP contribution in [0.3, 0.4) is 0 Å². The molecule has 0 radical (unpaired) electrons. The molecule has 1 saturated heterocycles. The number of aryl methyl sites for hydroxylation is 3. The first kappa shape index (κ1) is 19.4. The van der Waals surface area contributed by atoms with Crippen LogP contribution in [0.2, 0.25) is 0 Å². The van der Waals surface area contributed by atoms with Gasteiger partial charge in [0.05, 0.1) is 0 Å². The molecule has 1 aromatic heterocycles. The summed E-state index contributed by atoms with van der Waals surface area (Å²) >= 11 is 0. The Bertz CT molecular complexity index is 962. The fourth-order valence-corrected chi connectivity index (χ4v) is 3.74. The van der Waals surface area contributed by atoms with Gasteiger partial charge in [-0.3, -0.25) is 4.90 Å². The van der Waals surface area contributed by atoms with E-state index < -0.39 is 0 Å². The predicted molar refractivity (Wildman–Crippen MR) is 120 cm³/mol. The Morgan fingerprint density at radius 2 is 1.62 bits per heavy atom. The second-order valence-corrected chi connectivity index (χ2v) is 7.88. The van der Waals surface area contributed by atoms with Crippen LogP contribution in [0.1, 0.15) is 22.4 Å². The van der Waals surface area contributed by atoms with Crippen molar-refractivity contribution in [2.24, 2.45) is 0 Å². The molecule has 0 unspecified atom stereocenters. The lowest BCUT2D eigenvalue weighted by molar-refractivity contribution is 0.249. The number of rotatable bonds is 5. The molecule has 3 aromatic rings. The largest absolute Gasteiger partial charge is 0.354 e. The minimum Gasteiger partial charge on any atom is -0.354 e. The van der Waals surface area contributed by atoms with Gasteiger partial charge in [-0.2, -0.15) is 4.98 Å². The minimum atomic E-state index is 0.667. The molecule has 2 heterocycles. The molecule has 1 aliphatic rings. The molecule has 150 valence electrons. The van der Waals surface area contributed by atoms with Crippen LogP contribution < -0.4 is 10.2 Å². The topological polar surface area (TPSA) is 44.3 Å². The van der Waals surface area contributed by atoms with Crippen LogP contribution in [-0.4, -0.2) is 41.0 Å². The molecule has 0 bridgehead atoms. The van der Waals surface area contributed by atoms with Crippen LogP contribution in [0.15, 0.2) is 54.6 Å². The molecule has 0 saturated carbocycles. The van der Waals surface area contributed by atoms with E-state index in [-0.39, 0.29) is 0 Å². The van der Waals surface area contributed by atoms with Gasteiger partial charge in [-0.1, -0.05) is 42.5 Å². The molecule has 5 heteroatoms.